The van der Waals surface area contributed by atoms with Crippen LogP contribution in [0.2, 0.25) is 0 Å². The summed E-state index contributed by atoms with van der Waals surface area (Å²) in [5.74, 6) is 3.30. The number of aromatic nitrogens is 1. The minimum Gasteiger partial charge on any atom is -0.347 e. The average Bonchev–Trinajstić information content (AvgIpc) is 2.91. The van der Waals surface area contributed by atoms with Crippen LogP contribution < -0.4 is 11.1 Å². The summed E-state index contributed by atoms with van der Waals surface area (Å²) >= 11 is 1.47. The van der Waals surface area contributed by atoms with Crippen molar-refractivity contribution in [3.05, 3.63) is 16.1 Å². The Morgan fingerprint density at radius 2 is 1.90 bits per heavy atom. The molecule has 0 spiro atoms. The predicted octanol–water partition coefficient (Wildman–Crippen LogP) is 2.16. The summed E-state index contributed by atoms with van der Waals surface area (Å²) in [4.78, 5) is 16.7. The number of nitrogens with two attached hydrogens (primary N) is 1. The smallest absolute Gasteiger partial charge is 0.270 e. The Morgan fingerprint density at radius 1 is 1.25 bits per heavy atom. The van der Waals surface area contributed by atoms with E-state index in [0.717, 1.165) is 16.8 Å². The first-order chi connectivity index (χ1) is 9.72. The molecule has 4 saturated carbocycles. The van der Waals surface area contributed by atoms with Crippen molar-refractivity contribution in [1.82, 2.24) is 10.3 Å². The number of carbonyl (C=O) groups is 1. The molecule has 4 fully saturated rings. The van der Waals surface area contributed by atoms with Gasteiger partial charge in [-0.1, -0.05) is 0 Å². The van der Waals surface area contributed by atoms with Crippen LogP contribution in [0.5, 0.6) is 0 Å². The van der Waals surface area contributed by atoms with Gasteiger partial charge in [-0.3, -0.25) is 4.79 Å². The number of amides is 1. The van der Waals surface area contributed by atoms with Crippen LogP contribution in [0.4, 0.5) is 0 Å². The van der Waals surface area contributed by atoms with Gasteiger partial charge in [-0.25, -0.2) is 4.98 Å². The molecule has 108 valence electrons. The minimum absolute atomic E-state index is 0.00146. The van der Waals surface area contributed by atoms with Crippen molar-refractivity contribution < 1.29 is 4.79 Å². The van der Waals surface area contributed by atoms with Crippen molar-refractivity contribution in [3.63, 3.8) is 0 Å². The fraction of sp³-hybridized carbons (Fsp3) is 0.733. The summed E-state index contributed by atoms with van der Waals surface area (Å²) in [5, 5.41) is 5.94. The number of carbonyl (C=O) groups excluding carboxylic acids is 1. The summed E-state index contributed by atoms with van der Waals surface area (Å²) in [5.41, 5.74) is 6.10. The molecule has 0 unspecified atom stereocenters. The molecular weight excluding hydrogens is 270 g/mol. The molecule has 0 aliphatic heterocycles. The number of nitrogens with zero attached hydrogens (tertiary/aromatic N) is 1. The van der Waals surface area contributed by atoms with Crippen LogP contribution in [0, 0.1) is 23.7 Å². The van der Waals surface area contributed by atoms with Gasteiger partial charge in [0.2, 0.25) is 0 Å². The quantitative estimate of drug-likeness (QED) is 0.896. The molecule has 3 N–H and O–H groups in total. The van der Waals surface area contributed by atoms with Crippen molar-refractivity contribution in [2.24, 2.45) is 29.4 Å². The third-order valence-electron chi connectivity index (χ3n) is 5.48. The summed E-state index contributed by atoms with van der Waals surface area (Å²) < 4.78 is 0. The lowest BCUT2D eigenvalue weighted by Crippen LogP contribution is -2.55. The largest absolute Gasteiger partial charge is 0.347 e. The number of thiazole rings is 1. The lowest BCUT2D eigenvalue weighted by molar-refractivity contribution is -0.0120. The SMILES string of the molecule is NCc1nc(C(=O)NC2C3CC4CC(C3)CC2C4)cs1. The van der Waals surface area contributed by atoms with Crippen LogP contribution in [0.3, 0.4) is 0 Å². The van der Waals surface area contributed by atoms with Gasteiger partial charge in [0.05, 0.1) is 0 Å². The van der Waals surface area contributed by atoms with Crippen LogP contribution in [0.15, 0.2) is 5.38 Å². The standard InChI is InChI=1S/C15H21N3OS/c16-6-13-17-12(7-20-13)15(19)18-14-10-2-8-1-9(4-10)5-11(14)3-8/h7-11,14H,1-6,16H2,(H,18,19). The summed E-state index contributed by atoms with van der Waals surface area (Å²) in [7, 11) is 0. The van der Waals surface area contributed by atoms with E-state index >= 15 is 0 Å². The van der Waals surface area contributed by atoms with Gasteiger partial charge >= 0.3 is 0 Å². The maximum Gasteiger partial charge on any atom is 0.270 e. The fourth-order valence-electron chi connectivity index (χ4n) is 4.90. The van der Waals surface area contributed by atoms with Crippen molar-refractivity contribution in [2.45, 2.75) is 44.7 Å². The first-order valence-electron chi connectivity index (χ1n) is 7.68. The Morgan fingerprint density at radius 3 is 2.45 bits per heavy atom. The van der Waals surface area contributed by atoms with Crippen LogP contribution in [-0.4, -0.2) is 16.9 Å². The first kappa shape index (κ1) is 12.8. The highest BCUT2D eigenvalue weighted by molar-refractivity contribution is 7.09. The molecule has 4 nitrogen and oxygen atoms in total. The molecule has 0 aromatic carbocycles. The van der Waals surface area contributed by atoms with Gasteiger partial charge < -0.3 is 11.1 Å². The summed E-state index contributed by atoms with van der Waals surface area (Å²) in [6.45, 7) is 0.413. The Labute approximate surface area is 123 Å². The second kappa shape index (κ2) is 4.81. The van der Waals surface area contributed by atoms with E-state index in [9.17, 15) is 4.79 Å². The Kier molecular flexibility index (Phi) is 3.07. The Hall–Kier alpha value is -0.940. The van der Waals surface area contributed by atoms with E-state index in [-0.39, 0.29) is 5.91 Å². The lowest BCUT2D eigenvalue weighted by Gasteiger charge is -2.54. The van der Waals surface area contributed by atoms with Gasteiger partial charge in [-0.2, -0.15) is 0 Å². The number of rotatable bonds is 3. The molecule has 1 heterocycles. The zero-order valence-corrected chi connectivity index (χ0v) is 12.4. The number of hydrogen-bond acceptors (Lipinski definition) is 4. The van der Waals surface area contributed by atoms with Gasteiger partial charge in [0, 0.05) is 18.0 Å². The Balaban J connectivity index is 1.47. The first-order valence-corrected chi connectivity index (χ1v) is 8.56. The van der Waals surface area contributed by atoms with E-state index in [1.165, 1.54) is 43.4 Å². The van der Waals surface area contributed by atoms with Gasteiger partial charge in [0.15, 0.2) is 0 Å². The molecule has 0 radical (unpaired) electrons. The molecule has 1 amide bonds. The maximum atomic E-state index is 12.4. The normalized spacial score (nSPS) is 38.1. The number of hydrogen-bond donors (Lipinski definition) is 2. The van der Waals surface area contributed by atoms with Gasteiger partial charge in [-0.05, 0) is 55.8 Å². The van der Waals surface area contributed by atoms with Crippen molar-refractivity contribution in [2.75, 3.05) is 0 Å². The lowest BCUT2D eigenvalue weighted by atomic mass is 9.54. The molecule has 1 aromatic heterocycles. The molecular formula is C15H21N3OS. The van der Waals surface area contributed by atoms with Crippen molar-refractivity contribution in [3.8, 4) is 0 Å². The average molecular weight is 291 g/mol. The van der Waals surface area contributed by atoms with E-state index in [0.29, 0.717) is 30.1 Å². The molecule has 1 aromatic rings. The fourth-order valence-corrected chi connectivity index (χ4v) is 5.55. The van der Waals surface area contributed by atoms with Gasteiger partial charge in [0.1, 0.15) is 10.7 Å². The zero-order chi connectivity index (χ0) is 13.7. The molecule has 4 bridgehead atoms. The van der Waals surface area contributed by atoms with E-state index in [2.05, 4.69) is 10.3 Å². The van der Waals surface area contributed by atoms with Crippen LogP contribution >= 0.6 is 11.3 Å². The summed E-state index contributed by atoms with van der Waals surface area (Å²) in [6, 6.07) is 0.387. The highest BCUT2D eigenvalue weighted by Crippen LogP contribution is 2.53. The van der Waals surface area contributed by atoms with Crippen LogP contribution in [0.1, 0.15) is 47.6 Å². The highest BCUT2D eigenvalue weighted by Gasteiger charge is 2.48. The Bertz CT molecular complexity index is 499. The molecule has 0 saturated heterocycles. The van der Waals surface area contributed by atoms with Crippen LogP contribution in [-0.2, 0) is 6.54 Å². The van der Waals surface area contributed by atoms with E-state index < -0.39 is 0 Å². The van der Waals surface area contributed by atoms with E-state index in [1.54, 1.807) is 0 Å². The van der Waals surface area contributed by atoms with Gasteiger partial charge in [-0.15, -0.1) is 11.3 Å². The molecule has 4 aliphatic rings. The molecule has 4 aliphatic carbocycles. The highest BCUT2D eigenvalue weighted by atomic mass is 32.1. The van der Waals surface area contributed by atoms with Gasteiger partial charge in [0.25, 0.3) is 5.91 Å². The molecule has 20 heavy (non-hydrogen) atoms. The molecule has 5 heteroatoms. The maximum absolute atomic E-state index is 12.4. The van der Waals surface area contributed by atoms with E-state index in [1.807, 2.05) is 5.38 Å². The minimum atomic E-state index is -0.00146. The number of nitrogens with one attached hydrogen (secondary N) is 1. The predicted molar refractivity (Wildman–Crippen MR) is 78.3 cm³/mol. The van der Waals surface area contributed by atoms with E-state index in [4.69, 9.17) is 5.73 Å². The third-order valence-corrected chi connectivity index (χ3v) is 6.35. The van der Waals surface area contributed by atoms with Crippen LogP contribution in [0.25, 0.3) is 0 Å². The second-order valence-electron chi connectivity index (χ2n) is 6.76. The van der Waals surface area contributed by atoms with Crippen molar-refractivity contribution in [1.29, 1.82) is 0 Å². The molecule has 5 rings (SSSR count). The second-order valence-corrected chi connectivity index (χ2v) is 7.70. The third kappa shape index (κ3) is 2.07. The van der Waals surface area contributed by atoms with Crippen molar-refractivity contribution >= 4 is 17.2 Å². The topological polar surface area (TPSA) is 68.0 Å². The monoisotopic (exact) mass is 291 g/mol. The zero-order valence-electron chi connectivity index (χ0n) is 11.5. The summed E-state index contributed by atoms with van der Waals surface area (Å²) in [6.07, 6.45) is 6.73. The molecule has 0 atom stereocenters.